The molecule has 3 aromatic rings. The van der Waals surface area contributed by atoms with Crippen LogP contribution < -0.4 is 11.1 Å². The molecule has 1 fully saturated rings. The SMILES string of the molecule is Cl.Nc1ccc(CC(=O)Nc2ccc3c(ccn3CC(=O)N3CCOCC3)c2)cc1. The van der Waals surface area contributed by atoms with Gasteiger partial charge in [-0.15, -0.1) is 12.4 Å². The van der Waals surface area contributed by atoms with Crippen molar-refractivity contribution in [3.05, 3.63) is 60.3 Å². The fourth-order valence-electron chi connectivity index (χ4n) is 3.50. The third-order valence-electron chi connectivity index (χ3n) is 5.07. The van der Waals surface area contributed by atoms with Gasteiger partial charge in [0.05, 0.1) is 19.6 Å². The number of benzene rings is 2. The van der Waals surface area contributed by atoms with Gasteiger partial charge in [0.15, 0.2) is 0 Å². The quantitative estimate of drug-likeness (QED) is 0.611. The number of hydrogen-bond donors (Lipinski definition) is 2. The van der Waals surface area contributed by atoms with Crippen molar-refractivity contribution in [1.82, 2.24) is 9.47 Å². The Balaban J connectivity index is 0.00000256. The van der Waals surface area contributed by atoms with Crippen LogP contribution in [0.15, 0.2) is 54.7 Å². The number of nitrogens with one attached hydrogen (secondary N) is 1. The van der Waals surface area contributed by atoms with Crippen LogP contribution in [-0.4, -0.2) is 47.6 Å². The summed E-state index contributed by atoms with van der Waals surface area (Å²) in [5.74, 6) is 0.00252. The number of hydrogen-bond acceptors (Lipinski definition) is 4. The van der Waals surface area contributed by atoms with Crippen molar-refractivity contribution in [2.45, 2.75) is 13.0 Å². The summed E-state index contributed by atoms with van der Waals surface area (Å²) in [6.45, 7) is 2.77. The van der Waals surface area contributed by atoms with Gasteiger partial charge in [0.25, 0.3) is 0 Å². The molecule has 0 saturated carbocycles. The fraction of sp³-hybridized carbons (Fsp3) is 0.273. The Hall–Kier alpha value is -3.03. The second-order valence-corrected chi connectivity index (χ2v) is 7.18. The van der Waals surface area contributed by atoms with Gasteiger partial charge in [-0.25, -0.2) is 0 Å². The van der Waals surface area contributed by atoms with E-state index in [1.807, 2.05) is 52.1 Å². The maximum absolute atomic E-state index is 12.5. The lowest BCUT2D eigenvalue weighted by Gasteiger charge is -2.27. The lowest BCUT2D eigenvalue weighted by Crippen LogP contribution is -2.42. The minimum absolute atomic E-state index is 0. The summed E-state index contributed by atoms with van der Waals surface area (Å²) >= 11 is 0. The maximum atomic E-state index is 12.5. The van der Waals surface area contributed by atoms with Gasteiger partial charge in [-0.3, -0.25) is 9.59 Å². The van der Waals surface area contributed by atoms with Gasteiger partial charge in [0, 0.05) is 41.6 Å². The molecule has 1 aliphatic heterocycles. The summed E-state index contributed by atoms with van der Waals surface area (Å²) in [6, 6.07) is 14.9. The second-order valence-electron chi connectivity index (χ2n) is 7.18. The van der Waals surface area contributed by atoms with Gasteiger partial charge >= 0.3 is 0 Å². The molecular weight excluding hydrogens is 404 g/mol. The van der Waals surface area contributed by atoms with Crippen LogP contribution in [-0.2, 0) is 27.3 Å². The Morgan fingerprint density at radius 3 is 2.50 bits per heavy atom. The number of carbonyl (C=O) groups excluding carboxylic acids is 2. The minimum Gasteiger partial charge on any atom is -0.399 e. The first-order valence-electron chi connectivity index (χ1n) is 9.67. The zero-order valence-corrected chi connectivity index (χ0v) is 17.4. The van der Waals surface area contributed by atoms with E-state index < -0.39 is 0 Å². The predicted octanol–water partition coefficient (Wildman–Crippen LogP) is 2.69. The summed E-state index contributed by atoms with van der Waals surface area (Å²) in [7, 11) is 0. The number of ether oxygens (including phenoxy) is 1. The summed E-state index contributed by atoms with van der Waals surface area (Å²) in [6.07, 6.45) is 2.19. The standard InChI is InChI=1S/C22H24N4O3.ClH/c23-18-3-1-16(2-4-18)13-21(27)24-19-5-6-20-17(14-19)7-8-26(20)15-22(28)25-9-11-29-12-10-25;/h1-8,14H,9-13,15,23H2,(H,24,27);1H. The van der Waals surface area contributed by atoms with Crippen LogP contribution in [0.25, 0.3) is 10.9 Å². The number of carbonyl (C=O) groups is 2. The number of amides is 2. The topological polar surface area (TPSA) is 89.6 Å². The van der Waals surface area contributed by atoms with Crippen molar-refractivity contribution in [3.8, 4) is 0 Å². The van der Waals surface area contributed by atoms with E-state index in [2.05, 4.69) is 5.32 Å². The van der Waals surface area contributed by atoms with Crippen molar-refractivity contribution in [2.24, 2.45) is 0 Å². The van der Waals surface area contributed by atoms with Gasteiger partial charge in [0.2, 0.25) is 11.8 Å². The Labute approximate surface area is 181 Å². The molecule has 1 aromatic heterocycles. The Bertz CT molecular complexity index is 1030. The molecule has 0 radical (unpaired) electrons. The number of rotatable bonds is 5. The first-order valence-corrected chi connectivity index (χ1v) is 9.67. The number of aromatic nitrogens is 1. The molecule has 0 atom stereocenters. The van der Waals surface area contributed by atoms with Crippen LogP contribution in [0.4, 0.5) is 11.4 Å². The van der Waals surface area contributed by atoms with Crippen molar-refractivity contribution >= 4 is 46.5 Å². The molecule has 3 N–H and O–H groups in total. The van der Waals surface area contributed by atoms with Crippen LogP contribution in [0.5, 0.6) is 0 Å². The predicted molar refractivity (Wildman–Crippen MR) is 120 cm³/mol. The highest BCUT2D eigenvalue weighted by Crippen LogP contribution is 2.21. The average Bonchev–Trinajstić information content (AvgIpc) is 3.12. The molecule has 0 bridgehead atoms. The zero-order chi connectivity index (χ0) is 20.2. The van der Waals surface area contributed by atoms with E-state index in [9.17, 15) is 9.59 Å². The van der Waals surface area contributed by atoms with Gasteiger partial charge in [-0.05, 0) is 42.0 Å². The third kappa shape index (κ3) is 5.11. The van der Waals surface area contributed by atoms with Gasteiger partial charge in [0.1, 0.15) is 6.54 Å². The Morgan fingerprint density at radius 1 is 1.03 bits per heavy atom. The number of halogens is 1. The van der Waals surface area contributed by atoms with E-state index >= 15 is 0 Å². The molecule has 4 rings (SSSR count). The number of fused-ring (bicyclic) bond motifs is 1. The largest absolute Gasteiger partial charge is 0.399 e. The third-order valence-corrected chi connectivity index (χ3v) is 5.07. The molecule has 1 aliphatic rings. The monoisotopic (exact) mass is 428 g/mol. The van der Waals surface area contributed by atoms with E-state index in [1.54, 1.807) is 12.1 Å². The van der Waals surface area contributed by atoms with Crippen molar-refractivity contribution < 1.29 is 14.3 Å². The molecule has 30 heavy (non-hydrogen) atoms. The van der Waals surface area contributed by atoms with Gasteiger partial charge in [-0.1, -0.05) is 12.1 Å². The highest BCUT2D eigenvalue weighted by atomic mass is 35.5. The number of nitrogen functional groups attached to an aromatic ring is 1. The molecule has 0 aliphatic carbocycles. The molecule has 2 heterocycles. The number of nitrogens with two attached hydrogens (primary N) is 1. The highest BCUT2D eigenvalue weighted by Gasteiger charge is 2.17. The zero-order valence-electron chi connectivity index (χ0n) is 16.5. The van der Waals surface area contributed by atoms with Crippen molar-refractivity contribution in [2.75, 3.05) is 37.4 Å². The van der Waals surface area contributed by atoms with E-state index in [1.165, 1.54) is 0 Å². The normalized spacial score (nSPS) is 13.7. The lowest BCUT2D eigenvalue weighted by atomic mass is 10.1. The van der Waals surface area contributed by atoms with Crippen molar-refractivity contribution in [3.63, 3.8) is 0 Å². The van der Waals surface area contributed by atoms with E-state index in [0.29, 0.717) is 38.5 Å². The molecule has 0 unspecified atom stereocenters. The Kier molecular flexibility index (Phi) is 6.97. The molecule has 158 valence electrons. The minimum atomic E-state index is -0.0870. The number of nitrogens with zero attached hydrogens (tertiary/aromatic N) is 2. The first kappa shape index (κ1) is 21.7. The Morgan fingerprint density at radius 2 is 1.77 bits per heavy atom. The van der Waals surface area contributed by atoms with E-state index in [-0.39, 0.29) is 30.6 Å². The second kappa shape index (κ2) is 9.65. The molecule has 7 nitrogen and oxygen atoms in total. The van der Waals surface area contributed by atoms with Gasteiger partial charge in [-0.2, -0.15) is 0 Å². The van der Waals surface area contributed by atoms with Crippen molar-refractivity contribution in [1.29, 1.82) is 0 Å². The van der Waals surface area contributed by atoms with Crippen LogP contribution in [0, 0.1) is 0 Å². The molecule has 0 spiro atoms. The molecule has 2 aromatic carbocycles. The number of morpholine rings is 1. The van der Waals surface area contributed by atoms with Crippen LogP contribution in [0.3, 0.4) is 0 Å². The summed E-state index contributed by atoms with van der Waals surface area (Å²) in [4.78, 5) is 26.7. The van der Waals surface area contributed by atoms with Crippen LogP contribution >= 0.6 is 12.4 Å². The van der Waals surface area contributed by atoms with Crippen LogP contribution in [0.1, 0.15) is 5.56 Å². The molecule has 2 amide bonds. The molecule has 8 heteroatoms. The maximum Gasteiger partial charge on any atom is 0.242 e. The van der Waals surface area contributed by atoms with Gasteiger partial charge < -0.3 is 25.3 Å². The summed E-state index contributed by atoms with van der Waals surface area (Å²) in [5.41, 5.74) is 8.95. The lowest BCUT2D eigenvalue weighted by molar-refractivity contribution is -0.135. The summed E-state index contributed by atoms with van der Waals surface area (Å²) in [5, 5.41) is 3.91. The molecule has 1 saturated heterocycles. The van der Waals surface area contributed by atoms with E-state index in [4.69, 9.17) is 10.5 Å². The smallest absolute Gasteiger partial charge is 0.242 e. The average molecular weight is 429 g/mol. The fourth-order valence-corrected chi connectivity index (χ4v) is 3.50. The molecular formula is C22H25ClN4O3. The highest BCUT2D eigenvalue weighted by molar-refractivity contribution is 5.95. The summed E-state index contributed by atoms with van der Waals surface area (Å²) < 4.78 is 7.24. The number of anilines is 2. The first-order chi connectivity index (χ1) is 14.1. The van der Waals surface area contributed by atoms with E-state index in [0.717, 1.165) is 22.2 Å². The van der Waals surface area contributed by atoms with Crippen LogP contribution in [0.2, 0.25) is 0 Å².